The van der Waals surface area contributed by atoms with Gasteiger partial charge in [0, 0.05) is 0 Å². The molecule has 19 heavy (non-hydrogen) atoms. The van der Waals surface area contributed by atoms with E-state index in [4.69, 9.17) is 4.74 Å². The van der Waals surface area contributed by atoms with Crippen molar-refractivity contribution in [2.45, 2.75) is 53.1 Å². The molecule has 5 heteroatoms. The molecule has 0 aliphatic carbocycles. The molecule has 0 rings (SSSR count). The van der Waals surface area contributed by atoms with Gasteiger partial charge in [0.1, 0.15) is 11.3 Å². The number of esters is 1. The molecule has 1 amide bonds. The fourth-order valence-corrected chi connectivity index (χ4v) is 1.44. The first-order valence-electron chi connectivity index (χ1n) is 6.53. The largest absolute Gasteiger partial charge is 0.464 e. The van der Waals surface area contributed by atoms with E-state index in [0.29, 0.717) is 0 Å². The maximum atomic E-state index is 11.7. The van der Waals surface area contributed by atoms with E-state index in [2.05, 4.69) is 10.1 Å². The molecule has 0 aliphatic rings. The second-order valence-corrected chi connectivity index (χ2v) is 5.28. The number of alkyl carbamates (subject to hydrolysis) is 1. The van der Waals surface area contributed by atoms with Gasteiger partial charge in [0.25, 0.3) is 0 Å². The van der Waals surface area contributed by atoms with E-state index in [9.17, 15) is 9.59 Å². The first-order chi connectivity index (χ1) is 8.73. The predicted molar refractivity (Wildman–Crippen MR) is 73.5 cm³/mol. The van der Waals surface area contributed by atoms with Crippen LogP contribution in [-0.2, 0) is 14.3 Å². The molecule has 5 nitrogen and oxygen atoms in total. The van der Waals surface area contributed by atoms with Crippen molar-refractivity contribution >= 4 is 12.1 Å². The van der Waals surface area contributed by atoms with Gasteiger partial charge in [-0.2, -0.15) is 0 Å². The first kappa shape index (κ1) is 17.5. The van der Waals surface area contributed by atoms with Crippen LogP contribution >= 0.6 is 0 Å². The SMILES string of the molecule is CCC(/C=C(\NC(=O)OC(C)(C)C)C(=O)OC)CC. The molecular weight excluding hydrogens is 246 g/mol. The van der Waals surface area contributed by atoms with Crippen molar-refractivity contribution in [2.75, 3.05) is 7.11 Å². The van der Waals surface area contributed by atoms with Gasteiger partial charge in [-0.3, -0.25) is 5.32 Å². The summed E-state index contributed by atoms with van der Waals surface area (Å²) in [5, 5.41) is 2.45. The molecule has 0 aromatic rings. The van der Waals surface area contributed by atoms with E-state index in [1.165, 1.54) is 7.11 Å². The van der Waals surface area contributed by atoms with Crippen LogP contribution in [-0.4, -0.2) is 24.8 Å². The molecule has 0 heterocycles. The van der Waals surface area contributed by atoms with Crippen LogP contribution in [0.2, 0.25) is 0 Å². The summed E-state index contributed by atoms with van der Waals surface area (Å²) in [6, 6.07) is 0. The second-order valence-electron chi connectivity index (χ2n) is 5.28. The van der Waals surface area contributed by atoms with Gasteiger partial charge in [0.15, 0.2) is 0 Å². The zero-order chi connectivity index (χ0) is 15.1. The van der Waals surface area contributed by atoms with E-state index in [0.717, 1.165) is 12.8 Å². The highest BCUT2D eigenvalue weighted by atomic mass is 16.6. The van der Waals surface area contributed by atoms with Crippen LogP contribution in [0.4, 0.5) is 4.79 Å². The van der Waals surface area contributed by atoms with Crippen LogP contribution in [0.15, 0.2) is 11.8 Å². The molecule has 0 unspecified atom stereocenters. The highest BCUT2D eigenvalue weighted by Gasteiger charge is 2.20. The van der Waals surface area contributed by atoms with Crippen molar-refractivity contribution in [3.8, 4) is 0 Å². The van der Waals surface area contributed by atoms with E-state index in [-0.39, 0.29) is 11.6 Å². The van der Waals surface area contributed by atoms with Gasteiger partial charge in [0.2, 0.25) is 0 Å². The van der Waals surface area contributed by atoms with Crippen molar-refractivity contribution < 1.29 is 19.1 Å². The maximum absolute atomic E-state index is 11.7. The van der Waals surface area contributed by atoms with Gasteiger partial charge in [-0.05, 0) is 39.5 Å². The zero-order valence-corrected chi connectivity index (χ0v) is 12.7. The summed E-state index contributed by atoms with van der Waals surface area (Å²) in [5.74, 6) is -0.359. The Kier molecular flexibility index (Phi) is 7.19. The minimum atomic E-state index is -0.657. The van der Waals surface area contributed by atoms with E-state index in [1.807, 2.05) is 13.8 Å². The summed E-state index contributed by atoms with van der Waals surface area (Å²) in [6.45, 7) is 9.32. The lowest BCUT2D eigenvalue weighted by Crippen LogP contribution is -2.34. The van der Waals surface area contributed by atoms with Crippen LogP contribution in [0, 0.1) is 5.92 Å². The number of carbonyl (C=O) groups excluding carboxylic acids is 2. The van der Waals surface area contributed by atoms with Gasteiger partial charge in [-0.1, -0.05) is 19.9 Å². The fraction of sp³-hybridized carbons (Fsp3) is 0.714. The minimum Gasteiger partial charge on any atom is -0.464 e. The van der Waals surface area contributed by atoms with Gasteiger partial charge in [-0.15, -0.1) is 0 Å². The van der Waals surface area contributed by atoms with Gasteiger partial charge in [0.05, 0.1) is 7.11 Å². The van der Waals surface area contributed by atoms with Crippen molar-refractivity contribution in [3.63, 3.8) is 0 Å². The smallest absolute Gasteiger partial charge is 0.412 e. The van der Waals surface area contributed by atoms with Gasteiger partial charge >= 0.3 is 12.1 Å². The van der Waals surface area contributed by atoms with Gasteiger partial charge in [-0.25, -0.2) is 9.59 Å². The number of carbonyl (C=O) groups is 2. The summed E-state index contributed by atoms with van der Waals surface area (Å²) in [5.41, 5.74) is -0.481. The Labute approximate surface area is 115 Å². The van der Waals surface area contributed by atoms with Crippen LogP contribution in [0.25, 0.3) is 0 Å². The Morgan fingerprint density at radius 3 is 2.11 bits per heavy atom. The highest BCUT2D eigenvalue weighted by Crippen LogP contribution is 2.13. The van der Waals surface area contributed by atoms with E-state index in [1.54, 1.807) is 26.8 Å². The fourth-order valence-electron chi connectivity index (χ4n) is 1.44. The van der Waals surface area contributed by atoms with Crippen LogP contribution < -0.4 is 5.32 Å². The number of rotatable bonds is 5. The molecule has 0 bridgehead atoms. The Balaban J connectivity index is 4.88. The Morgan fingerprint density at radius 1 is 1.21 bits per heavy atom. The molecule has 0 saturated heterocycles. The second kappa shape index (κ2) is 7.81. The topological polar surface area (TPSA) is 64.6 Å². The normalized spacial score (nSPS) is 12.3. The highest BCUT2D eigenvalue weighted by molar-refractivity contribution is 5.92. The Bertz CT molecular complexity index is 338. The summed E-state index contributed by atoms with van der Waals surface area (Å²) in [6.07, 6.45) is 2.82. The van der Waals surface area contributed by atoms with Crippen molar-refractivity contribution in [1.82, 2.24) is 5.32 Å². The lowest BCUT2D eigenvalue weighted by molar-refractivity contribution is -0.136. The van der Waals surface area contributed by atoms with Gasteiger partial charge < -0.3 is 9.47 Å². The number of ether oxygens (including phenoxy) is 2. The number of methoxy groups -OCH3 is 1. The molecule has 0 saturated carbocycles. The summed E-state index contributed by atoms with van der Waals surface area (Å²) in [7, 11) is 1.28. The lowest BCUT2D eigenvalue weighted by atomic mass is 10.0. The predicted octanol–water partition coefficient (Wildman–Crippen LogP) is 3.00. The Morgan fingerprint density at radius 2 is 1.74 bits per heavy atom. The minimum absolute atomic E-state index is 0.130. The average molecular weight is 271 g/mol. The Hall–Kier alpha value is -1.52. The third-order valence-corrected chi connectivity index (χ3v) is 2.49. The molecule has 0 aromatic heterocycles. The molecule has 0 fully saturated rings. The molecule has 0 aromatic carbocycles. The molecule has 1 N–H and O–H groups in total. The summed E-state index contributed by atoms with van der Waals surface area (Å²) in [4.78, 5) is 23.3. The number of hydrogen-bond acceptors (Lipinski definition) is 4. The maximum Gasteiger partial charge on any atom is 0.412 e. The third-order valence-electron chi connectivity index (χ3n) is 2.49. The van der Waals surface area contributed by atoms with Crippen molar-refractivity contribution in [2.24, 2.45) is 5.92 Å². The molecular formula is C14H25NO4. The molecule has 0 aliphatic heterocycles. The van der Waals surface area contributed by atoms with Crippen LogP contribution in [0.5, 0.6) is 0 Å². The van der Waals surface area contributed by atoms with Crippen LogP contribution in [0.1, 0.15) is 47.5 Å². The monoisotopic (exact) mass is 271 g/mol. The summed E-state index contributed by atoms with van der Waals surface area (Å²) >= 11 is 0. The standard InChI is InChI=1S/C14H25NO4/c1-7-10(8-2)9-11(12(16)18-6)15-13(17)19-14(3,4)5/h9-10H,7-8H2,1-6H3,(H,15,17)/b11-9-. The third kappa shape index (κ3) is 7.49. The van der Waals surface area contributed by atoms with Crippen molar-refractivity contribution in [3.05, 3.63) is 11.8 Å². The molecule has 0 atom stereocenters. The van der Waals surface area contributed by atoms with E-state index < -0.39 is 17.7 Å². The van der Waals surface area contributed by atoms with Crippen LogP contribution in [0.3, 0.4) is 0 Å². The number of amides is 1. The number of allylic oxidation sites excluding steroid dienone is 1. The van der Waals surface area contributed by atoms with Crippen molar-refractivity contribution in [1.29, 1.82) is 0 Å². The number of hydrogen-bond donors (Lipinski definition) is 1. The lowest BCUT2D eigenvalue weighted by Gasteiger charge is -2.20. The molecule has 110 valence electrons. The summed E-state index contributed by atoms with van der Waals surface area (Å²) < 4.78 is 9.77. The first-order valence-corrected chi connectivity index (χ1v) is 6.53. The quantitative estimate of drug-likeness (QED) is 0.616. The average Bonchev–Trinajstić information content (AvgIpc) is 2.31. The zero-order valence-electron chi connectivity index (χ0n) is 12.7. The number of nitrogens with one attached hydrogen (secondary N) is 1. The molecule has 0 spiro atoms. The molecule has 0 radical (unpaired) electrons. The van der Waals surface area contributed by atoms with E-state index >= 15 is 0 Å².